The summed E-state index contributed by atoms with van der Waals surface area (Å²) in [4.78, 5) is 44.9. The van der Waals surface area contributed by atoms with E-state index >= 15 is 0 Å². The third kappa shape index (κ3) is 3.12. The molecule has 1 saturated heterocycles. The van der Waals surface area contributed by atoms with Gasteiger partial charge in [-0.1, -0.05) is 25.3 Å². The summed E-state index contributed by atoms with van der Waals surface area (Å²) in [5, 5.41) is 2.80. The molecule has 148 valence electrons. The van der Waals surface area contributed by atoms with Crippen molar-refractivity contribution in [1.29, 1.82) is 0 Å². The second kappa shape index (κ2) is 7.26. The zero-order valence-corrected chi connectivity index (χ0v) is 16.1. The molecule has 1 aliphatic carbocycles. The first kappa shape index (κ1) is 18.5. The first-order valence-corrected chi connectivity index (χ1v) is 9.80. The maximum atomic E-state index is 12.9. The molecule has 1 spiro atoms. The summed E-state index contributed by atoms with van der Waals surface area (Å²) in [5.74, 6) is -0.554. The number of urea groups is 1. The topological polar surface area (TPSA) is 87.0 Å². The Morgan fingerprint density at radius 1 is 1.21 bits per heavy atom. The van der Waals surface area contributed by atoms with Gasteiger partial charge in [0.2, 0.25) is 5.91 Å². The molecule has 28 heavy (non-hydrogen) atoms. The molecule has 0 bridgehead atoms. The molecule has 2 aliphatic rings. The van der Waals surface area contributed by atoms with Crippen LogP contribution in [0.4, 0.5) is 4.79 Å². The molecule has 4 rings (SSSR count). The van der Waals surface area contributed by atoms with Crippen molar-refractivity contribution in [3.8, 4) is 0 Å². The summed E-state index contributed by atoms with van der Waals surface area (Å²) in [7, 11) is 1.67. The largest absolute Gasteiger partial charge is 0.354 e. The number of amides is 4. The van der Waals surface area contributed by atoms with E-state index in [2.05, 4.69) is 10.3 Å². The fourth-order valence-corrected chi connectivity index (χ4v) is 4.31. The number of carbonyl (C=O) groups excluding carboxylic acids is 3. The monoisotopic (exact) mass is 383 g/mol. The SMILES string of the molecule is CN1C(=O)N(CC(=O)NCCc2cn3ccccc3n2)C(=O)C12CCCCC2. The minimum absolute atomic E-state index is 0.227. The van der Waals surface area contributed by atoms with Gasteiger partial charge in [-0.05, 0) is 25.0 Å². The number of nitrogens with one attached hydrogen (secondary N) is 1. The molecule has 8 nitrogen and oxygen atoms in total. The molecule has 1 saturated carbocycles. The van der Waals surface area contributed by atoms with Crippen LogP contribution < -0.4 is 5.32 Å². The normalized spacial score (nSPS) is 19.0. The van der Waals surface area contributed by atoms with E-state index < -0.39 is 5.54 Å². The lowest BCUT2D eigenvalue weighted by Gasteiger charge is -2.35. The second-order valence-corrected chi connectivity index (χ2v) is 7.62. The van der Waals surface area contributed by atoms with Crippen LogP contribution in [0.5, 0.6) is 0 Å². The molecule has 0 aromatic carbocycles. The highest BCUT2D eigenvalue weighted by atomic mass is 16.2. The molecule has 2 aromatic heterocycles. The van der Waals surface area contributed by atoms with E-state index in [0.717, 1.165) is 35.5 Å². The Balaban J connectivity index is 1.33. The fraction of sp³-hybridized carbons (Fsp3) is 0.500. The highest BCUT2D eigenvalue weighted by Crippen LogP contribution is 2.39. The van der Waals surface area contributed by atoms with Crippen LogP contribution in [0.1, 0.15) is 37.8 Å². The Kier molecular flexibility index (Phi) is 4.78. The molecule has 0 radical (unpaired) electrons. The zero-order valence-electron chi connectivity index (χ0n) is 16.1. The molecule has 1 aliphatic heterocycles. The Labute approximate surface area is 163 Å². The molecule has 0 atom stereocenters. The average molecular weight is 383 g/mol. The number of hydrogen-bond donors (Lipinski definition) is 1. The molecular weight excluding hydrogens is 358 g/mol. The molecule has 1 N–H and O–H groups in total. The van der Waals surface area contributed by atoms with E-state index in [0.29, 0.717) is 25.8 Å². The van der Waals surface area contributed by atoms with Crippen LogP contribution in [-0.2, 0) is 16.0 Å². The number of pyridine rings is 1. The van der Waals surface area contributed by atoms with Gasteiger partial charge < -0.3 is 14.6 Å². The summed E-state index contributed by atoms with van der Waals surface area (Å²) in [6, 6.07) is 5.40. The minimum Gasteiger partial charge on any atom is -0.354 e. The van der Waals surface area contributed by atoms with Crippen LogP contribution in [0, 0.1) is 0 Å². The molecular formula is C20H25N5O3. The van der Waals surface area contributed by atoms with Crippen molar-refractivity contribution < 1.29 is 14.4 Å². The summed E-state index contributed by atoms with van der Waals surface area (Å²) < 4.78 is 1.93. The third-order valence-corrected chi connectivity index (χ3v) is 5.90. The first-order valence-electron chi connectivity index (χ1n) is 9.80. The van der Waals surface area contributed by atoms with Gasteiger partial charge in [-0.3, -0.25) is 14.5 Å². The highest BCUT2D eigenvalue weighted by molar-refractivity contribution is 6.08. The van der Waals surface area contributed by atoms with Gasteiger partial charge >= 0.3 is 6.03 Å². The van der Waals surface area contributed by atoms with E-state index in [9.17, 15) is 14.4 Å². The van der Waals surface area contributed by atoms with Crippen molar-refractivity contribution in [1.82, 2.24) is 24.5 Å². The van der Waals surface area contributed by atoms with Crippen molar-refractivity contribution in [3.05, 3.63) is 36.3 Å². The first-order chi connectivity index (χ1) is 13.5. The number of imidazole rings is 1. The van der Waals surface area contributed by atoms with E-state index in [-0.39, 0.29) is 24.4 Å². The van der Waals surface area contributed by atoms with E-state index in [1.165, 1.54) is 0 Å². The average Bonchev–Trinajstić information content (AvgIpc) is 3.19. The summed E-state index contributed by atoms with van der Waals surface area (Å²) in [5.41, 5.74) is 0.991. The van der Waals surface area contributed by atoms with Gasteiger partial charge in [0.15, 0.2) is 0 Å². The molecule has 4 amide bonds. The van der Waals surface area contributed by atoms with Crippen molar-refractivity contribution >= 4 is 23.5 Å². The molecule has 8 heteroatoms. The van der Waals surface area contributed by atoms with Crippen LogP contribution in [0.3, 0.4) is 0 Å². The number of aromatic nitrogens is 2. The number of fused-ring (bicyclic) bond motifs is 1. The molecule has 3 heterocycles. The van der Waals surface area contributed by atoms with Crippen LogP contribution in [-0.4, -0.2) is 62.7 Å². The maximum absolute atomic E-state index is 12.9. The number of carbonyl (C=O) groups is 3. The van der Waals surface area contributed by atoms with Gasteiger partial charge in [0.05, 0.1) is 5.69 Å². The highest BCUT2D eigenvalue weighted by Gasteiger charge is 2.55. The lowest BCUT2D eigenvalue weighted by atomic mass is 9.81. The van der Waals surface area contributed by atoms with Gasteiger partial charge in [-0.15, -0.1) is 0 Å². The molecule has 0 unspecified atom stereocenters. The smallest absolute Gasteiger partial charge is 0.327 e. The predicted molar refractivity (Wildman–Crippen MR) is 103 cm³/mol. The lowest BCUT2D eigenvalue weighted by molar-refractivity contribution is -0.137. The Morgan fingerprint density at radius 2 is 2.00 bits per heavy atom. The van der Waals surface area contributed by atoms with E-state index in [4.69, 9.17) is 0 Å². The fourth-order valence-electron chi connectivity index (χ4n) is 4.31. The van der Waals surface area contributed by atoms with Crippen LogP contribution in [0.2, 0.25) is 0 Å². The van der Waals surface area contributed by atoms with Crippen LogP contribution in [0.15, 0.2) is 30.6 Å². The third-order valence-electron chi connectivity index (χ3n) is 5.90. The van der Waals surface area contributed by atoms with E-state index in [1.54, 1.807) is 11.9 Å². The Hall–Kier alpha value is -2.90. The van der Waals surface area contributed by atoms with Crippen molar-refractivity contribution in [2.45, 2.75) is 44.1 Å². The van der Waals surface area contributed by atoms with Crippen molar-refractivity contribution in [2.24, 2.45) is 0 Å². The summed E-state index contributed by atoms with van der Waals surface area (Å²) in [6.45, 7) is 0.175. The molecule has 2 aromatic rings. The van der Waals surface area contributed by atoms with Gasteiger partial charge in [-0.25, -0.2) is 9.78 Å². The van der Waals surface area contributed by atoms with Gasteiger partial charge in [0.25, 0.3) is 5.91 Å². The van der Waals surface area contributed by atoms with Gasteiger partial charge in [0, 0.05) is 32.4 Å². The van der Waals surface area contributed by atoms with Gasteiger partial charge in [-0.2, -0.15) is 0 Å². The van der Waals surface area contributed by atoms with Crippen molar-refractivity contribution in [2.75, 3.05) is 20.1 Å². The van der Waals surface area contributed by atoms with Crippen LogP contribution in [0.25, 0.3) is 5.65 Å². The summed E-state index contributed by atoms with van der Waals surface area (Å²) in [6.07, 6.45) is 8.74. The molecule has 2 fully saturated rings. The second-order valence-electron chi connectivity index (χ2n) is 7.62. The number of hydrogen-bond acceptors (Lipinski definition) is 4. The summed E-state index contributed by atoms with van der Waals surface area (Å²) >= 11 is 0. The Bertz CT molecular complexity index is 882. The number of nitrogens with zero attached hydrogens (tertiary/aromatic N) is 4. The van der Waals surface area contributed by atoms with Gasteiger partial charge in [0.1, 0.15) is 17.7 Å². The quantitative estimate of drug-likeness (QED) is 0.795. The maximum Gasteiger partial charge on any atom is 0.327 e. The van der Waals surface area contributed by atoms with Crippen molar-refractivity contribution in [3.63, 3.8) is 0 Å². The number of likely N-dealkylation sites (N-methyl/N-ethyl adjacent to an activating group) is 1. The van der Waals surface area contributed by atoms with E-state index in [1.807, 2.05) is 35.0 Å². The predicted octanol–water partition coefficient (Wildman–Crippen LogP) is 1.59. The minimum atomic E-state index is -0.744. The Morgan fingerprint density at radius 3 is 2.75 bits per heavy atom. The van der Waals surface area contributed by atoms with Crippen LogP contribution >= 0.6 is 0 Å². The number of imide groups is 1. The standard InChI is InChI=1S/C20H25N5O3/c1-23-19(28)25(18(27)20(23)9-4-2-5-10-20)14-17(26)21-11-8-15-13-24-12-6-3-7-16(24)22-15/h3,6-7,12-13H,2,4-5,8-11,14H2,1H3,(H,21,26). The lowest BCUT2D eigenvalue weighted by Crippen LogP contribution is -2.49. The zero-order chi connectivity index (χ0) is 19.7. The number of rotatable bonds is 5.